The molecule has 3 aliphatic rings. The van der Waals surface area contributed by atoms with Gasteiger partial charge in [-0.2, -0.15) is 5.26 Å². The number of sulfonamides is 1. The Morgan fingerprint density at radius 2 is 1.90 bits per heavy atom. The van der Waals surface area contributed by atoms with Gasteiger partial charge in [-0.1, -0.05) is 32.1 Å². The maximum absolute atomic E-state index is 12.2. The Morgan fingerprint density at radius 3 is 2.50 bits per heavy atom. The first-order valence-electron chi connectivity index (χ1n) is 7.91. The van der Waals surface area contributed by atoms with Gasteiger partial charge in [0.25, 0.3) is 0 Å². The highest BCUT2D eigenvalue weighted by molar-refractivity contribution is 7.89. The van der Waals surface area contributed by atoms with Crippen molar-refractivity contribution in [2.45, 2.75) is 63.8 Å². The Balaban J connectivity index is 1.50. The minimum absolute atomic E-state index is 0.154. The molecule has 5 heteroatoms. The van der Waals surface area contributed by atoms with Crippen molar-refractivity contribution in [3.8, 4) is 6.07 Å². The van der Waals surface area contributed by atoms with Crippen molar-refractivity contribution in [2.24, 2.45) is 17.3 Å². The quantitative estimate of drug-likeness (QED) is 0.819. The molecule has 3 aliphatic carbocycles. The monoisotopic (exact) mass is 296 g/mol. The van der Waals surface area contributed by atoms with Crippen molar-refractivity contribution < 1.29 is 8.42 Å². The molecule has 0 bridgehead atoms. The summed E-state index contributed by atoms with van der Waals surface area (Å²) >= 11 is 0. The molecule has 1 N–H and O–H groups in total. The van der Waals surface area contributed by atoms with Gasteiger partial charge in [-0.05, 0) is 36.5 Å². The van der Waals surface area contributed by atoms with Gasteiger partial charge in [-0.25, -0.2) is 13.1 Å². The van der Waals surface area contributed by atoms with Gasteiger partial charge in [0.1, 0.15) is 0 Å². The average molecular weight is 296 g/mol. The molecule has 3 saturated carbocycles. The first-order valence-corrected chi connectivity index (χ1v) is 9.56. The summed E-state index contributed by atoms with van der Waals surface area (Å²) in [6.45, 7) is 0. The largest absolute Gasteiger partial charge is 0.212 e. The van der Waals surface area contributed by atoms with E-state index in [4.69, 9.17) is 5.26 Å². The van der Waals surface area contributed by atoms with E-state index in [2.05, 4.69) is 10.8 Å². The molecule has 20 heavy (non-hydrogen) atoms. The second-order valence-electron chi connectivity index (χ2n) is 7.12. The molecule has 2 atom stereocenters. The Bertz CT molecular complexity index is 498. The summed E-state index contributed by atoms with van der Waals surface area (Å²) in [6.07, 6.45) is 9.70. The normalized spacial score (nSPS) is 32.5. The molecule has 0 radical (unpaired) electrons. The third-order valence-electron chi connectivity index (χ3n) is 5.33. The molecule has 0 amide bonds. The second-order valence-corrected chi connectivity index (χ2v) is 8.87. The van der Waals surface area contributed by atoms with E-state index in [1.807, 2.05) is 0 Å². The van der Waals surface area contributed by atoms with Gasteiger partial charge in [-0.3, -0.25) is 0 Å². The van der Waals surface area contributed by atoms with Gasteiger partial charge in [0.15, 0.2) is 0 Å². The van der Waals surface area contributed by atoms with Gasteiger partial charge in [0.05, 0.1) is 11.8 Å². The zero-order chi connectivity index (χ0) is 14.2. The zero-order valence-electron chi connectivity index (χ0n) is 12.0. The molecule has 0 heterocycles. The van der Waals surface area contributed by atoms with E-state index in [0.717, 1.165) is 25.2 Å². The van der Waals surface area contributed by atoms with Gasteiger partial charge in [-0.15, -0.1) is 0 Å². The fourth-order valence-electron chi connectivity index (χ4n) is 3.83. The van der Waals surface area contributed by atoms with Crippen molar-refractivity contribution >= 4 is 10.0 Å². The van der Waals surface area contributed by atoms with E-state index in [1.54, 1.807) is 0 Å². The lowest BCUT2D eigenvalue weighted by atomic mass is 9.86. The summed E-state index contributed by atoms with van der Waals surface area (Å²) in [6, 6.07) is 2.31. The van der Waals surface area contributed by atoms with Crippen LogP contribution in [-0.2, 0) is 10.0 Å². The minimum Gasteiger partial charge on any atom is -0.212 e. The van der Waals surface area contributed by atoms with Gasteiger partial charge in [0, 0.05) is 12.5 Å². The highest BCUT2D eigenvalue weighted by atomic mass is 32.2. The van der Waals surface area contributed by atoms with Crippen LogP contribution in [0.25, 0.3) is 0 Å². The van der Waals surface area contributed by atoms with Crippen molar-refractivity contribution in [3.05, 3.63) is 0 Å². The van der Waals surface area contributed by atoms with Crippen molar-refractivity contribution in [3.63, 3.8) is 0 Å². The van der Waals surface area contributed by atoms with Crippen LogP contribution in [0.2, 0.25) is 0 Å². The van der Waals surface area contributed by atoms with E-state index in [1.165, 1.54) is 32.1 Å². The number of nitrogens with zero attached hydrogens (tertiary/aromatic N) is 1. The maximum Gasteiger partial charge on any atom is 0.212 e. The van der Waals surface area contributed by atoms with E-state index < -0.39 is 10.0 Å². The Hall–Kier alpha value is -0.600. The second kappa shape index (κ2) is 5.31. The first-order chi connectivity index (χ1) is 9.54. The van der Waals surface area contributed by atoms with Crippen molar-refractivity contribution in [1.82, 2.24) is 4.72 Å². The molecule has 112 valence electrons. The van der Waals surface area contributed by atoms with Gasteiger partial charge >= 0.3 is 0 Å². The standard InChI is InChI=1S/C15H24N2O2S/c16-9-8-15(6-7-15)11-20(18,19)17-14-10-13(14)12-4-2-1-3-5-12/h12-14,17H,1-8,10-11H2/t13-,14-/m0/s1. The summed E-state index contributed by atoms with van der Waals surface area (Å²) in [4.78, 5) is 0. The van der Waals surface area contributed by atoms with Crippen LogP contribution in [0.15, 0.2) is 0 Å². The molecular weight excluding hydrogens is 272 g/mol. The molecule has 4 nitrogen and oxygen atoms in total. The van der Waals surface area contributed by atoms with E-state index >= 15 is 0 Å². The number of rotatable bonds is 6. The molecule has 0 aromatic rings. The number of hydrogen-bond acceptors (Lipinski definition) is 3. The third kappa shape index (κ3) is 3.35. The summed E-state index contributed by atoms with van der Waals surface area (Å²) in [5.41, 5.74) is -0.226. The van der Waals surface area contributed by atoms with Crippen molar-refractivity contribution in [2.75, 3.05) is 5.75 Å². The predicted octanol–water partition coefficient (Wildman–Crippen LogP) is 2.57. The molecule has 0 saturated heterocycles. The number of hydrogen-bond donors (Lipinski definition) is 1. The lowest BCUT2D eigenvalue weighted by molar-refractivity contribution is 0.316. The highest BCUT2D eigenvalue weighted by Crippen LogP contribution is 2.50. The summed E-state index contributed by atoms with van der Waals surface area (Å²) in [5, 5.41) is 8.78. The van der Waals surface area contributed by atoms with Crippen LogP contribution in [0.5, 0.6) is 0 Å². The summed E-state index contributed by atoms with van der Waals surface area (Å²) < 4.78 is 27.3. The fourth-order valence-corrected chi connectivity index (χ4v) is 5.84. The zero-order valence-corrected chi connectivity index (χ0v) is 12.8. The van der Waals surface area contributed by atoms with Crippen LogP contribution < -0.4 is 4.72 Å². The average Bonchev–Trinajstić information content (AvgIpc) is 3.29. The Morgan fingerprint density at radius 1 is 1.20 bits per heavy atom. The number of nitriles is 1. The van der Waals surface area contributed by atoms with E-state index in [-0.39, 0.29) is 17.2 Å². The molecular formula is C15H24N2O2S. The number of nitrogens with one attached hydrogen (secondary N) is 1. The molecule has 3 rings (SSSR count). The third-order valence-corrected chi connectivity index (χ3v) is 6.99. The lowest BCUT2D eigenvalue weighted by Gasteiger charge is -2.21. The van der Waals surface area contributed by atoms with Gasteiger partial charge < -0.3 is 0 Å². The van der Waals surface area contributed by atoms with Crippen LogP contribution >= 0.6 is 0 Å². The highest BCUT2D eigenvalue weighted by Gasteiger charge is 2.49. The van der Waals surface area contributed by atoms with E-state index in [0.29, 0.717) is 12.3 Å². The molecule has 0 unspecified atom stereocenters. The smallest absolute Gasteiger partial charge is 0.212 e. The molecule has 0 aromatic heterocycles. The topological polar surface area (TPSA) is 70.0 Å². The minimum atomic E-state index is -3.21. The SMILES string of the molecule is N#CCC1(CS(=O)(=O)N[C@H]2C[C@H]2C2CCCCC2)CC1. The fraction of sp³-hybridized carbons (Fsp3) is 0.933. The van der Waals surface area contributed by atoms with Crippen LogP contribution in [0.1, 0.15) is 57.8 Å². The maximum atomic E-state index is 12.2. The van der Waals surface area contributed by atoms with Crippen LogP contribution in [0.3, 0.4) is 0 Å². The molecule has 0 aliphatic heterocycles. The lowest BCUT2D eigenvalue weighted by Crippen LogP contribution is -2.33. The first kappa shape index (κ1) is 14.3. The van der Waals surface area contributed by atoms with Crippen LogP contribution in [0, 0.1) is 28.6 Å². The Kier molecular flexibility index (Phi) is 3.81. The van der Waals surface area contributed by atoms with Gasteiger partial charge in [0.2, 0.25) is 10.0 Å². The molecule has 0 spiro atoms. The predicted molar refractivity (Wildman–Crippen MR) is 77.3 cm³/mol. The summed E-state index contributed by atoms with van der Waals surface area (Å²) in [7, 11) is -3.21. The van der Waals surface area contributed by atoms with Crippen LogP contribution in [0.4, 0.5) is 0 Å². The van der Waals surface area contributed by atoms with Crippen molar-refractivity contribution in [1.29, 1.82) is 5.26 Å². The molecule has 3 fully saturated rings. The van der Waals surface area contributed by atoms with E-state index in [9.17, 15) is 8.42 Å². The summed E-state index contributed by atoms with van der Waals surface area (Å²) in [5.74, 6) is 1.48. The Labute approximate surface area is 122 Å². The van der Waals surface area contributed by atoms with Crippen LogP contribution in [-0.4, -0.2) is 20.2 Å². The molecule has 0 aromatic carbocycles.